The molecule has 1 saturated heterocycles. The van der Waals surface area contributed by atoms with Crippen molar-refractivity contribution in [3.63, 3.8) is 0 Å². The summed E-state index contributed by atoms with van der Waals surface area (Å²) in [6.45, 7) is 1.09. The molecule has 0 atom stereocenters. The Morgan fingerprint density at radius 3 is 2.00 bits per heavy atom. The van der Waals surface area contributed by atoms with Crippen LogP contribution in [-0.4, -0.2) is 53.9 Å². The molecule has 0 aliphatic carbocycles. The second-order valence-corrected chi connectivity index (χ2v) is 5.97. The number of halogens is 6. The van der Waals surface area contributed by atoms with Crippen LogP contribution in [0.15, 0.2) is 24.3 Å². The van der Waals surface area contributed by atoms with E-state index in [4.69, 9.17) is 20.4 Å². The lowest BCUT2D eigenvalue weighted by atomic mass is 10.1. The van der Waals surface area contributed by atoms with E-state index in [0.29, 0.717) is 13.1 Å². The van der Waals surface area contributed by atoms with Gasteiger partial charge in [0.25, 0.3) is 5.91 Å². The molecular weight excluding hydrogens is 412 g/mol. The monoisotopic (exact) mass is 431 g/mol. The van der Waals surface area contributed by atoms with Gasteiger partial charge in [-0.3, -0.25) is 10.2 Å². The first-order valence-electron chi connectivity index (χ1n) is 8.19. The van der Waals surface area contributed by atoms with Crippen LogP contribution in [0.5, 0.6) is 5.75 Å². The number of benzene rings is 1. The molecule has 0 spiro atoms. The van der Waals surface area contributed by atoms with Crippen LogP contribution in [0.2, 0.25) is 0 Å². The third-order valence-electron chi connectivity index (χ3n) is 3.62. The minimum Gasteiger partial charge on any atom is -0.484 e. The van der Waals surface area contributed by atoms with E-state index in [1.165, 1.54) is 12.1 Å². The van der Waals surface area contributed by atoms with Crippen LogP contribution in [0.25, 0.3) is 0 Å². The van der Waals surface area contributed by atoms with Crippen molar-refractivity contribution in [2.24, 2.45) is 5.73 Å². The lowest BCUT2D eigenvalue weighted by Crippen LogP contribution is -2.50. The van der Waals surface area contributed by atoms with Crippen LogP contribution < -0.4 is 15.9 Å². The second kappa shape index (κ2) is 10.3. The van der Waals surface area contributed by atoms with Gasteiger partial charge in [0.2, 0.25) is 0 Å². The molecule has 13 heteroatoms. The summed E-state index contributed by atoms with van der Waals surface area (Å²) in [4.78, 5) is 20.6. The van der Waals surface area contributed by atoms with Crippen molar-refractivity contribution in [1.82, 2.24) is 10.4 Å². The van der Waals surface area contributed by atoms with Crippen molar-refractivity contribution in [1.29, 1.82) is 0 Å². The summed E-state index contributed by atoms with van der Waals surface area (Å²) in [7, 11) is 0. The normalized spacial score (nSPS) is 15.8. The largest absolute Gasteiger partial charge is 0.490 e. The number of hydrogen-bond donors (Lipinski definition) is 3. The Morgan fingerprint density at radius 2 is 1.59 bits per heavy atom. The van der Waals surface area contributed by atoms with Gasteiger partial charge in [-0.1, -0.05) is 0 Å². The molecule has 1 heterocycles. The summed E-state index contributed by atoms with van der Waals surface area (Å²) >= 11 is 0. The highest BCUT2D eigenvalue weighted by atomic mass is 19.4. The van der Waals surface area contributed by atoms with Crippen molar-refractivity contribution in [3.8, 4) is 5.75 Å². The number of alkyl halides is 6. The molecule has 29 heavy (non-hydrogen) atoms. The minimum absolute atomic E-state index is 0.163. The number of nitrogens with two attached hydrogens (primary N) is 1. The van der Waals surface area contributed by atoms with E-state index >= 15 is 0 Å². The topological polar surface area (TPSA) is 105 Å². The number of hydrazine groups is 1. The first-order valence-corrected chi connectivity index (χ1v) is 8.19. The number of nitrogens with zero attached hydrogens (tertiary/aromatic N) is 1. The smallest absolute Gasteiger partial charge is 0.484 e. The molecule has 1 aliphatic rings. The molecule has 0 aromatic heterocycles. The maximum Gasteiger partial charge on any atom is 0.490 e. The molecule has 4 N–H and O–H groups in total. The maximum absolute atomic E-state index is 12.4. The van der Waals surface area contributed by atoms with E-state index in [-0.39, 0.29) is 24.3 Å². The predicted molar refractivity (Wildman–Crippen MR) is 87.6 cm³/mol. The quantitative estimate of drug-likeness (QED) is 0.632. The number of carbonyl (C=O) groups is 2. The summed E-state index contributed by atoms with van der Waals surface area (Å²) in [6.07, 6.45) is -7.86. The van der Waals surface area contributed by atoms with Gasteiger partial charge < -0.3 is 15.6 Å². The van der Waals surface area contributed by atoms with E-state index in [9.17, 15) is 31.1 Å². The first kappa shape index (κ1) is 24.5. The lowest BCUT2D eigenvalue weighted by molar-refractivity contribution is -0.192. The Labute approximate surface area is 161 Å². The van der Waals surface area contributed by atoms with E-state index < -0.39 is 23.9 Å². The van der Waals surface area contributed by atoms with Crippen LogP contribution >= 0.6 is 0 Å². The number of rotatable bonds is 4. The van der Waals surface area contributed by atoms with Crippen LogP contribution in [0.1, 0.15) is 18.4 Å². The van der Waals surface area contributed by atoms with Crippen molar-refractivity contribution in [3.05, 3.63) is 29.8 Å². The van der Waals surface area contributed by atoms with Gasteiger partial charge in [0.05, 0.1) is 5.56 Å². The van der Waals surface area contributed by atoms with Gasteiger partial charge in [-0.25, -0.2) is 9.80 Å². The molecule has 0 saturated carbocycles. The number of carboxylic acid groups (broad SMARTS) is 1. The second-order valence-electron chi connectivity index (χ2n) is 5.97. The number of carboxylic acids is 1. The summed E-state index contributed by atoms with van der Waals surface area (Å²) in [6, 6.07) is 4.38. The Morgan fingerprint density at radius 1 is 1.10 bits per heavy atom. The minimum atomic E-state index is -5.08. The molecule has 0 radical (unpaired) electrons. The molecule has 1 fully saturated rings. The molecular formula is C16H19F6N3O4. The Balaban J connectivity index is 0.000000516. The SMILES string of the molecule is NC1CCN(NC(=O)COc2ccc(C(F)(F)F)cc2)CC1.O=C(O)C(F)(F)F. The highest BCUT2D eigenvalue weighted by molar-refractivity contribution is 5.77. The lowest BCUT2D eigenvalue weighted by Gasteiger charge is -2.30. The highest BCUT2D eigenvalue weighted by Crippen LogP contribution is 2.30. The van der Waals surface area contributed by atoms with Gasteiger partial charge in [-0.15, -0.1) is 0 Å². The third kappa shape index (κ3) is 9.47. The van der Waals surface area contributed by atoms with Gasteiger partial charge in [0.15, 0.2) is 6.61 Å². The van der Waals surface area contributed by atoms with Gasteiger partial charge >= 0.3 is 18.3 Å². The number of nitrogens with one attached hydrogen (secondary N) is 1. The molecule has 1 aromatic carbocycles. The van der Waals surface area contributed by atoms with E-state index in [2.05, 4.69) is 5.43 Å². The number of amides is 1. The van der Waals surface area contributed by atoms with Gasteiger partial charge in [-0.2, -0.15) is 26.3 Å². The molecule has 164 valence electrons. The summed E-state index contributed by atoms with van der Waals surface area (Å²) in [5, 5.41) is 8.89. The Hall–Kier alpha value is -2.54. The van der Waals surface area contributed by atoms with Crippen LogP contribution in [-0.2, 0) is 15.8 Å². The van der Waals surface area contributed by atoms with E-state index in [1.54, 1.807) is 5.01 Å². The van der Waals surface area contributed by atoms with Crippen LogP contribution in [0, 0.1) is 0 Å². The van der Waals surface area contributed by atoms with E-state index in [1.807, 2.05) is 0 Å². The first-order chi connectivity index (χ1) is 13.3. The summed E-state index contributed by atoms with van der Waals surface area (Å²) in [5.74, 6) is -2.90. The highest BCUT2D eigenvalue weighted by Gasteiger charge is 2.38. The number of hydrogen-bond acceptors (Lipinski definition) is 5. The zero-order valence-corrected chi connectivity index (χ0v) is 14.9. The molecule has 1 amide bonds. The van der Waals surface area contributed by atoms with E-state index in [0.717, 1.165) is 25.0 Å². The van der Waals surface area contributed by atoms with Gasteiger partial charge in [0.1, 0.15) is 5.75 Å². The standard InChI is InChI=1S/C14H18F3N3O2.C2HF3O2/c15-14(16,17)10-1-3-12(4-2-10)22-9-13(21)19-20-7-5-11(18)6-8-20;3-2(4,5)1(6)7/h1-4,11H,5-9,18H2,(H,19,21);(H,6,7). The van der Waals surface area contributed by atoms with Crippen molar-refractivity contribution >= 4 is 11.9 Å². The third-order valence-corrected chi connectivity index (χ3v) is 3.62. The average molecular weight is 431 g/mol. The molecule has 1 aliphatic heterocycles. The molecule has 0 unspecified atom stereocenters. The van der Waals surface area contributed by atoms with Crippen molar-refractivity contribution < 1.29 is 45.8 Å². The summed E-state index contributed by atoms with van der Waals surface area (Å²) in [5.41, 5.74) is 7.68. The molecule has 7 nitrogen and oxygen atoms in total. The maximum atomic E-state index is 12.4. The Bertz CT molecular complexity index is 671. The summed E-state index contributed by atoms with van der Waals surface area (Å²) < 4.78 is 74.1. The number of aliphatic carboxylic acids is 1. The average Bonchev–Trinajstić information content (AvgIpc) is 2.61. The molecule has 2 rings (SSSR count). The zero-order chi connectivity index (χ0) is 22.2. The predicted octanol–water partition coefficient (Wildman–Crippen LogP) is 2.17. The fourth-order valence-corrected chi connectivity index (χ4v) is 2.11. The molecule has 1 aromatic rings. The van der Waals surface area contributed by atoms with Crippen LogP contribution in [0.3, 0.4) is 0 Å². The fourth-order valence-electron chi connectivity index (χ4n) is 2.11. The number of ether oxygens (including phenoxy) is 1. The van der Waals surface area contributed by atoms with Crippen LogP contribution in [0.4, 0.5) is 26.3 Å². The zero-order valence-electron chi connectivity index (χ0n) is 14.9. The van der Waals surface area contributed by atoms with Crippen molar-refractivity contribution in [2.45, 2.75) is 31.2 Å². The van der Waals surface area contributed by atoms with Gasteiger partial charge in [-0.05, 0) is 37.1 Å². The Kier molecular flexibility index (Phi) is 8.70. The van der Waals surface area contributed by atoms with Crippen molar-refractivity contribution in [2.75, 3.05) is 19.7 Å². The van der Waals surface area contributed by atoms with Gasteiger partial charge in [0, 0.05) is 19.1 Å². The number of piperidine rings is 1. The fraction of sp³-hybridized carbons (Fsp3) is 0.500. The molecule has 0 bridgehead atoms. The number of carbonyl (C=O) groups excluding carboxylic acids is 1.